The van der Waals surface area contributed by atoms with Gasteiger partial charge in [-0.1, -0.05) is 5.92 Å². The summed E-state index contributed by atoms with van der Waals surface area (Å²) < 4.78 is 17.8. The summed E-state index contributed by atoms with van der Waals surface area (Å²) in [5, 5.41) is 7.89. The lowest BCUT2D eigenvalue weighted by Gasteiger charge is -1.82. The van der Waals surface area contributed by atoms with Crippen molar-refractivity contribution in [1.82, 2.24) is 0 Å². The van der Waals surface area contributed by atoms with E-state index in [0.29, 0.717) is 0 Å². The van der Waals surface area contributed by atoms with Crippen molar-refractivity contribution in [3.63, 3.8) is 0 Å². The summed E-state index contributed by atoms with van der Waals surface area (Å²) in [6, 6.07) is 0. The van der Waals surface area contributed by atoms with Crippen molar-refractivity contribution in [2.75, 3.05) is 6.61 Å². The molecular weight excluding hydrogens is 254 g/mol. The van der Waals surface area contributed by atoms with Gasteiger partial charge in [0.2, 0.25) is 0 Å². The molecule has 0 aliphatic rings. The quantitative estimate of drug-likeness (QED) is 0.196. The van der Waals surface area contributed by atoms with Gasteiger partial charge in [0.15, 0.2) is 0 Å². The zero-order chi connectivity index (χ0) is 13.1. The zero-order valence-corrected chi connectivity index (χ0v) is 9.34. The van der Waals surface area contributed by atoms with Crippen LogP contribution in [0, 0.1) is 11.8 Å². The second-order valence-corrected chi connectivity index (χ2v) is 3.66. The molecule has 9 nitrogen and oxygen atoms in total. The third-order valence-corrected chi connectivity index (χ3v) is 0.256. The van der Waals surface area contributed by atoms with Gasteiger partial charge in [-0.15, -0.1) is 5.92 Å². The molecule has 15 heavy (non-hydrogen) atoms. The monoisotopic (exact) mass is 266 g/mol. The van der Waals surface area contributed by atoms with Gasteiger partial charge in [-0.05, 0) is 6.92 Å². The first kappa shape index (κ1) is 20.2. The summed E-state index contributed by atoms with van der Waals surface area (Å²) >= 11 is 0. The van der Waals surface area contributed by atoms with Crippen LogP contribution < -0.4 is 0 Å². The molecule has 0 saturated carbocycles. The van der Waals surface area contributed by atoms with Crippen LogP contribution in [0.5, 0.6) is 0 Å². The Morgan fingerprint density at radius 3 is 1.13 bits per heavy atom. The van der Waals surface area contributed by atoms with Crippen LogP contribution in [-0.2, 0) is 9.13 Å². The largest absolute Gasteiger partial charge is 0.466 e. The van der Waals surface area contributed by atoms with Crippen LogP contribution in [0.4, 0.5) is 0 Å². The Labute approximate surface area is 85.5 Å². The van der Waals surface area contributed by atoms with Crippen LogP contribution in [0.15, 0.2) is 0 Å². The molecule has 0 aromatic heterocycles. The average molecular weight is 266 g/mol. The molecule has 0 aromatic rings. The summed E-state index contributed by atoms with van der Waals surface area (Å²) in [5.41, 5.74) is 0. The molecule has 0 aliphatic carbocycles. The van der Waals surface area contributed by atoms with Gasteiger partial charge in [-0.2, -0.15) is 0 Å². The van der Waals surface area contributed by atoms with E-state index >= 15 is 0 Å². The zero-order valence-electron chi connectivity index (χ0n) is 7.55. The molecule has 0 saturated heterocycles. The van der Waals surface area contributed by atoms with Crippen molar-refractivity contribution in [3.05, 3.63) is 0 Å². The SMILES string of the molecule is CC#CCO.O=P(O)(O)O.O=P(O)(O)O. The number of aliphatic hydroxyl groups excluding tert-OH is 1. The first-order chi connectivity index (χ1) is 6.41. The van der Waals surface area contributed by atoms with E-state index in [1.54, 1.807) is 6.92 Å². The van der Waals surface area contributed by atoms with Gasteiger partial charge < -0.3 is 34.5 Å². The van der Waals surface area contributed by atoms with E-state index in [1.807, 2.05) is 0 Å². The van der Waals surface area contributed by atoms with Gasteiger partial charge in [0.05, 0.1) is 0 Å². The highest BCUT2D eigenvalue weighted by atomic mass is 31.2. The van der Waals surface area contributed by atoms with Gasteiger partial charge in [-0.3, -0.25) is 0 Å². The summed E-state index contributed by atoms with van der Waals surface area (Å²) in [6.07, 6.45) is 0. The van der Waals surface area contributed by atoms with E-state index < -0.39 is 15.6 Å². The first-order valence-corrected chi connectivity index (χ1v) is 6.12. The van der Waals surface area contributed by atoms with Crippen molar-refractivity contribution >= 4 is 15.6 Å². The van der Waals surface area contributed by atoms with Gasteiger partial charge in [-0.25, -0.2) is 9.13 Å². The minimum atomic E-state index is -4.64. The predicted molar refractivity (Wildman–Crippen MR) is 49.1 cm³/mol. The lowest BCUT2D eigenvalue weighted by molar-refractivity contribution is 0.272. The van der Waals surface area contributed by atoms with Crippen LogP contribution >= 0.6 is 15.6 Å². The molecule has 0 unspecified atom stereocenters. The molecule has 92 valence electrons. The third kappa shape index (κ3) is 625. The summed E-state index contributed by atoms with van der Waals surface area (Å²) in [5.74, 6) is 4.93. The lowest BCUT2D eigenvalue weighted by atomic mass is 10.6. The van der Waals surface area contributed by atoms with Gasteiger partial charge in [0, 0.05) is 0 Å². The van der Waals surface area contributed by atoms with E-state index in [2.05, 4.69) is 11.8 Å². The van der Waals surface area contributed by atoms with Crippen molar-refractivity contribution in [1.29, 1.82) is 0 Å². The standard InChI is InChI=1S/C4H6O.2H3O4P/c1-2-3-4-5;2*1-5(2,3)4/h5H,4H2,1H3;2*(H3,1,2,3,4). The molecule has 7 N–H and O–H groups in total. The van der Waals surface area contributed by atoms with E-state index in [1.165, 1.54) is 0 Å². The van der Waals surface area contributed by atoms with E-state index in [4.69, 9.17) is 43.6 Å². The normalized spacial score (nSPS) is 9.60. The Kier molecular flexibility index (Phi) is 13.8. The summed E-state index contributed by atoms with van der Waals surface area (Å²) in [7, 11) is -9.28. The predicted octanol–water partition coefficient (Wildman–Crippen LogP) is -1.86. The van der Waals surface area contributed by atoms with E-state index in [9.17, 15) is 0 Å². The van der Waals surface area contributed by atoms with Crippen LogP contribution in [0.1, 0.15) is 6.92 Å². The minimum Gasteiger partial charge on any atom is -0.384 e. The van der Waals surface area contributed by atoms with Crippen LogP contribution in [0.2, 0.25) is 0 Å². The molecule has 0 bridgehead atoms. The molecule has 0 radical (unpaired) electrons. The molecule has 0 aliphatic heterocycles. The summed E-state index contributed by atoms with van der Waals surface area (Å²) in [6.45, 7) is 1.67. The van der Waals surface area contributed by atoms with Gasteiger partial charge in [0.1, 0.15) is 6.61 Å². The van der Waals surface area contributed by atoms with E-state index in [0.717, 1.165) is 0 Å². The van der Waals surface area contributed by atoms with E-state index in [-0.39, 0.29) is 6.61 Å². The number of rotatable bonds is 0. The van der Waals surface area contributed by atoms with Crippen molar-refractivity contribution in [2.45, 2.75) is 6.92 Å². The molecule has 0 amide bonds. The second kappa shape index (κ2) is 10.3. The Balaban J connectivity index is -0.000000144. The van der Waals surface area contributed by atoms with Crippen LogP contribution in [0.3, 0.4) is 0 Å². The number of aliphatic hydroxyl groups is 1. The van der Waals surface area contributed by atoms with Gasteiger partial charge in [0.25, 0.3) is 0 Å². The smallest absolute Gasteiger partial charge is 0.384 e. The topological polar surface area (TPSA) is 176 Å². The molecule has 0 spiro atoms. The first-order valence-electron chi connectivity index (χ1n) is 2.98. The molecule has 11 heteroatoms. The highest BCUT2D eigenvalue weighted by Gasteiger charge is 2.00. The number of hydrogen-bond acceptors (Lipinski definition) is 3. The number of hydrogen-bond donors (Lipinski definition) is 7. The lowest BCUT2D eigenvalue weighted by Crippen LogP contribution is -1.66. The molecule has 0 heterocycles. The fraction of sp³-hybridized carbons (Fsp3) is 0.500. The highest BCUT2D eigenvalue weighted by Crippen LogP contribution is 2.26. The Morgan fingerprint density at radius 1 is 0.933 bits per heavy atom. The average Bonchev–Trinajstić information content (AvgIpc) is 1.80. The maximum Gasteiger partial charge on any atom is 0.466 e. The minimum absolute atomic E-state index is 0.0174. The molecule has 0 rings (SSSR count). The second-order valence-electron chi connectivity index (χ2n) is 1.61. The van der Waals surface area contributed by atoms with Crippen molar-refractivity contribution < 1.29 is 43.6 Å². The molecule has 0 fully saturated rings. The Hall–Kier alpha value is -0.260. The Bertz CT molecular complexity index is 240. The molecular formula is C4H12O9P2. The van der Waals surface area contributed by atoms with Crippen molar-refractivity contribution in [3.8, 4) is 11.8 Å². The highest BCUT2D eigenvalue weighted by molar-refractivity contribution is 7.45. The molecule has 0 atom stereocenters. The van der Waals surface area contributed by atoms with Crippen LogP contribution in [0.25, 0.3) is 0 Å². The van der Waals surface area contributed by atoms with Crippen molar-refractivity contribution in [2.24, 2.45) is 0 Å². The number of phosphoric acid groups is 2. The maximum absolute atomic E-state index is 8.88. The van der Waals surface area contributed by atoms with Gasteiger partial charge >= 0.3 is 15.6 Å². The third-order valence-electron chi connectivity index (χ3n) is 0.256. The molecule has 0 aromatic carbocycles. The fourth-order valence-corrected chi connectivity index (χ4v) is 0.0791. The Morgan fingerprint density at radius 2 is 1.13 bits per heavy atom. The maximum atomic E-state index is 8.88. The fourth-order valence-electron chi connectivity index (χ4n) is 0.0791. The summed E-state index contributed by atoms with van der Waals surface area (Å²) in [4.78, 5) is 43.1. The van der Waals surface area contributed by atoms with Crippen LogP contribution in [-0.4, -0.2) is 41.1 Å².